The first-order chi connectivity index (χ1) is 5.61. The van der Waals surface area contributed by atoms with Gasteiger partial charge in [-0.05, 0) is 30.6 Å². The van der Waals surface area contributed by atoms with Crippen LogP contribution in [-0.4, -0.2) is 0 Å². The summed E-state index contributed by atoms with van der Waals surface area (Å²) in [6.45, 7) is 9.61. The summed E-state index contributed by atoms with van der Waals surface area (Å²) in [5.74, 6) is 0.387. The summed E-state index contributed by atoms with van der Waals surface area (Å²) < 4.78 is 0. The number of rotatable bonds is 3. The Labute approximate surface area is 75.0 Å². The molecule has 0 aromatic carbocycles. The van der Waals surface area contributed by atoms with Gasteiger partial charge in [0, 0.05) is 5.70 Å². The van der Waals surface area contributed by atoms with Crippen LogP contribution in [0.1, 0.15) is 20.8 Å². The van der Waals surface area contributed by atoms with Crippen LogP contribution in [0.2, 0.25) is 0 Å². The van der Waals surface area contributed by atoms with Gasteiger partial charge in [0.25, 0.3) is 0 Å². The molecule has 2 N–H and O–H groups in total. The number of hydrogen-bond donors (Lipinski definition) is 1. The molecular formula is C11H17N. The van der Waals surface area contributed by atoms with Crippen molar-refractivity contribution < 1.29 is 0 Å². The summed E-state index contributed by atoms with van der Waals surface area (Å²) in [6, 6.07) is 0. The lowest BCUT2D eigenvalue weighted by molar-refractivity contribution is 0.756. The molecular weight excluding hydrogens is 146 g/mol. The second kappa shape index (κ2) is 5.45. The van der Waals surface area contributed by atoms with Crippen LogP contribution in [0.5, 0.6) is 0 Å². The Morgan fingerprint density at radius 3 is 2.42 bits per heavy atom. The highest BCUT2D eigenvalue weighted by Gasteiger charge is 1.96. The summed E-state index contributed by atoms with van der Waals surface area (Å²) in [5.41, 5.74) is 10.4. The van der Waals surface area contributed by atoms with Gasteiger partial charge in [-0.25, -0.2) is 0 Å². The van der Waals surface area contributed by atoms with E-state index in [2.05, 4.69) is 26.2 Å². The Morgan fingerprint density at radius 2 is 2.08 bits per heavy atom. The third kappa shape index (κ3) is 3.85. The van der Waals surface area contributed by atoms with Gasteiger partial charge in [-0.2, -0.15) is 0 Å². The molecule has 0 atom stereocenters. The van der Waals surface area contributed by atoms with Gasteiger partial charge in [0.2, 0.25) is 0 Å². The maximum Gasteiger partial charge on any atom is 0.0112 e. The molecule has 1 heteroatoms. The molecule has 0 amide bonds. The van der Waals surface area contributed by atoms with Crippen molar-refractivity contribution in [1.29, 1.82) is 0 Å². The van der Waals surface area contributed by atoms with Crippen LogP contribution in [0.4, 0.5) is 0 Å². The van der Waals surface area contributed by atoms with E-state index in [9.17, 15) is 0 Å². The van der Waals surface area contributed by atoms with E-state index in [1.807, 2.05) is 25.2 Å². The first-order valence-electron chi connectivity index (χ1n) is 4.11. The zero-order chi connectivity index (χ0) is 9.56. The molecule has 0 aliphatic rings. The van der Waals surface area contributed by atoms with Gasteiger partial charge in [0.05, 0.1) is 0 Å². The molecule has 0 saturated carbocycles. The van der Waals surface area contributed by atoms with Gasteiger partial charge >= 0.3 is 0 Å². The highest BCUT2D eigenvalue weighted by Crippen LogP contribution is 2.07. The van der Waals surface area contributed by atoms with Gasteiger partial charge in [0.1, 0.15) is 0 Å². The minimum Gasteiger partial charge on any atom is -0.402 e. The van der Waals surface area contributed by atoms with Crippen molar-refractivity contribution in [1.82, 2.24) is 0 Å². The van der Waals surface area contributed by atoms with Gasteiger partial charge in [0.15, 0.2) is 0 Å². The van der Waals surface area contributed by atoms with Crippen LogP contribution in [0.25, 0.3) is 0 Å². The molecule has 0 bridgehead atoms. The molecule has 0 aliphatic carbocycles. The quantitative estimate of drug-likeness (QED) is 0.502. The topological polar surface area (TPSA) is 26.0 Å². The van der Waals surface area contributed by atoms with E-state index >= 15 is 0 Å². The molecule has 0 unspecified atom stereocenters. The number of allylic oxidation sites excluding steroid dienone is 5. The Balaban J connectivity index is 4.59. The molecule has 66 valence electrons. The van der Waals surface area contributed by atoms with Crippen molar-refractivity contribution in [2.24, 2.45) is 11.7 Å². The molecule has 0 aromatic heterocycles. The van der Waals surface area contributed by atoms with Crippen LogP contribution in [-0.2, 0) is 0 Å². The SMILES string of the molecule is C=C=CC(=C/C)/C=C(\N)C(C)C. The van der Waals surface area contributed by atoms with Crippen LogP contribution >= 0.6 is 0 Å². The Kier molecular flexibility index (Phi) is 4.91. The van der Waals surface area contributed by atoms with Crippen molar-refractivity contribution in [2.75, 3.05) is 0 Å². The van der Waals surface area contributed by atoms with E-state index in [1.54, 1.807) is 0 Å². The van der Waals surface area contributed by atoms with E-state index in [-0.39, 0.29) is 0 Å². The van der Waals surface area contributed by atoms with E-state index in [1.165, 1.54) is 0 Å². The summed E-state index contributed by atoms with van der Waals surface area (Å²) in [4.78, 5) is 0. The van der Waals surface area contributed by atoms with Crippen molar-refractivity contribution in [3.05, 3.63) is 41.8 Å². The lowest BCUT2D eigenvalue weighted by atomic mass is 10.1. The first-order valence-corrected chi connectivity index (χ1v) is 4.11. The second-order valence-corrected chi connectivity index (χ2v) is 2.94. The maximum atomic E-state index is 5.78. The maximum absolute atomic E-state index is 5.78. The summed E-state index contributed by atoms with van der Waals surface area (Å²) >= 11 is 0. The van der Waals surface area contributed by atoms with E-state index in [4.69, 9.17) is 5.73 Å². The minimum absolute atomic E-state index is 0.387. The second-order valence-electron chi connectivity index (χ2n) is 2.94. The number of hydrogen-bond acceptors (Lipinski definition) is 1. The predicted molar refractivity (Wildman–Crippen MR) is 54.6 cm³/mol. The highest BCUT2D eigenvalue weighted by molar-refractivity contribution is 5.31. The average Bonchev–Trinajstić information content (AvgIpc) is 2.03. The zero-order valence-electron chi connectivity index (χ0n) is 8.09. The standard InChI is InChI=1S/C11H17N/c1-5-7-10(6-2)8-11(12)9(3)4/h6-9H,1,12H2,2-4H3/b10-6-,11-8-. The molecule has 1 nitrogen and oxygen atoms in total. The lowest BCUT2D eigenvalue weighted by Gasteiger charge is -2.04. The van der Waals surface area contributed by atoms with Crippen molar-refractivity contribution in [3.8, 4) is 0 Å². The van der Waals surface area contributed by atoms with Crippen LogP contribution in [0.3, 0.4) is 0 Å². The largest absolute Gasteiger partial charge is 0.402 e. The Bertz CT molecular complexity index is 238. The highest BCUT2D eigenvalue weighted by atomic mass is 14.6. The van der Waals surface area contributed by atoms with E-state index < -0.39 is 0 Å². The van der Waals surface area contributed by atoms with E-state index in [0.29, 0.717) is 5.92 Å². The van der Waals surface area contributed by atoms with Crippen LogP contribution in [0.15, 0.2) is 41.8 Å². The van der Waals surface area contributed by atoms with Crippen molar-refractivity contribution >= 4 is 0 Å². The fourth-order valence-electron chi connectivity index (χ4n) is 0.685. The van der Waals surface area contributed by atoms with Gasteiger partial charge < -0.3 is 5.73 Å². The van der Waals surface area contributed by atoms with E-state index in [0.717, 1.165) is 11.3 Å². The monoisotopic (exact) mass is 163 g/mol. The van der Waals surface area contributed by atoms with Crippen LogP contribution in [0, 0.1) is 5.92 Å². The molecule has 0 radical (unpaired) electrons. The van der Waals surface area contributed by atoms with Gasteiger partial charge in [-0.3, -0.25) is 0 Å². The Morgan fingerprint density at radius 1 is 1.50 bits per heavy atom. The lowest BCUT2D eigenvalue weighted by Crippen LogP contribution is -2.04. The molecule has 12 heavy (non-hydrogen) atoms. The minimum atomic E-state index is 0.387. The fourth-order valence-corrected chi connectivity index (χ4v) is 0.685. The smallest absolute Gasteiger partial charge is 0.0112 e. The molecule has 0 aliphatic heterocycles. The van der Waals surface area contributed by atoms with Crippen molar-refractivity contribution in [3.63, 3.8) is 0 Å². The van der Waals surface area contributed by atoms with Crippen LogP contribution < -0.4 is 5.73 Å². The molecule has 0 spiro atoms. The molecule has 0 fully saturated rings. The zero-order valence-corrected chi connectivity index (χ0v) is 8.09. The summed E-state index contributed by atoms with van der Waals surface area (Å²) in [5, 5.41) is 0. The third-order valence-electron chi connectivity index (χ3n) is 1.60. The van der Waals surface area contributed by atoms with Crippen molar-refractivity contribution in [2.45, 2.75) is 20.8 Å². The molecule has 0 heterocycles. The molecule has 0 saturated heterocycles. The van der Waals surface area contributed by atoms with Gasteiger partial charge in [-0.15, -0.1) is 5.73 Å². The summed E-state index contributed by atoms with van der Waals surface area (Å²) in [6.07, 6.45) is 5.74. The van der Waals surface area contributed by atoms with Gasteiger partial charge in [-0.1, -0.05) is 26.5 Å². The summed E-state index contributed by atoms with van der Waals surface area (Å²) in [7, 11) is 0. The third-order valence-corrected chi connectivity index (χ3v) is 1.60. The first kappa shape index (κ1) is 10.8. The molecule has 0 aromatic rings. The average molecular weight is 163 g/mol. The number of nitrogens with two attached hydrogens (primary N) is 1. The fraction of sp³-hybridized carbons (Fsp3) is 0.364. The Hall–Kier alpha value is -1.20. The normalized spacial score (nSPS) is 13.0. The predicted octanol–water partition coefficient (Wildman–Crippen LogP) is 2.77. The molecule has 0 rings (SSSR count).